The maximum Gasteiger partial charge on any atom is 0.312 e. The fourth-order valence-corrected chi connectivity index (χ4v) is 1.34. The monoisotopic (exact) mass is 202 g/mol. The van der Waals surface area contributed by atoms with E-state index >= 15 is 0 Å². The van der Waals surface area contributed by atoms with E-state index in [1.807, 2.05) is 13.8 Å². The molecule has 0 bridgehead atoms. The lowest BCUT2D eigenvalue weighted by Crippen LogP contribution is -2.53. The lowest BCUT2D eigenvalue weighted by molar-refractivity contribution is 0.231. The third-order valence-electron chi connectivity index (χ3n) is 2.02. The van der Waals surface area contributed by atoms with Crippen LogP contribution in [0, 0.1) is 0 Å². The normalized spacial score (nSPS) is 14.1. The average molecular weight is 202 g/mol. The number of hydrogen-bond donors (Lipinski definition) is 4. The largest absolute Gasteiger partial charge is 0.352 e. The molecule has 0 aliphatic rings. The fraction of sp³-hybridized carbons (Fsp3) is 0.750. The summed E-state index contributed by atoms with van der Waals surface area (Å²) >= 11 is 0. The summed E-state index contributed by atoms with van der Waals surface area (Å²) in [6.07, 6.45) is 1.36. The van der Waals surface area contributed by atoms with Crippen LogP contribution in [0.2, 0.25) is 0 Å². The van der Waals surface area contributed by atoms with Crippen LogP contribution in [0.3, 0.4) is 0 Å². The Labute approximate surface area is 83.4 Å². The zero-order valence-electron chi connectivity index (χ0n) is 8.54. The first-order chi connectivity index (χ1) is 6.51. The van der Waals surface area contributed by atoms with E-state index in [0.717, 1.165) is 0 Å². The molecule has 14 heavy (non-hydrogen) atoms. The molecule has 0 rings (SSSR count). The zero-order valence-corrected chi connectivity index (χ0v) is 8.54. The highest BCUT2D eigenvalue weighted by Gasteiger charge is 2.20. The molecule has 2 atom stereocenters. The highest BCUT2D eigenvalue weighted by atomic mass is 16.2. The highest BCUT2D eigenvalue weighted by molar-refractivity contribution is 5.73. The van der Waals surface area contributed by atoms with Gasteiger partial charge in [-0.2, -0.15) is 0 Å². The summed E-state index contributed by atoms with van der Waals surface area (Å²) < 4.78 is 0. The molecule has 0 aliphatic heterocycles. The van der Waals surface area contributed by atoms with Gasteiger partial charge in [-0.1, -0.05) is 13.8 Å². The van der Waals surface area contributed by atoms with Crippen molar-refractivity contribution < 1.29 is 9.59 Å². The minimum Gasteiger partial charge on any atom is -0.352 e. The van der Waals surface area contributed by atoms with Crippen LogP contribution in [0.15, 0.2) is 0 Å². The van der Waals surface area contributed by atoms with Crippen LogP contribution >= 0.6 is 0 Å². The number of carbonyl (C=O) groups is 2. The molecule has 0 aromatic heterocycles. The molecule has 0 aromatic rings. The average Bonchev–Trinajstić information content (AvgIpc) is 2.10. The van der Waals surface area contributed by atoms with E-state index in [9.17, 15) is 9.59 Å². The molecule has 0 radical (unpaired) electrons. The molecular formula is C8H18N4O2. The first kappa shape index (κ1) is 12.5. The third kappa shape index (κ3) is 4.54. The van der Waals surface area contributed by atoms with E-state index in [1.165, 1.54) is 0 Å². The van der Waals surface area contributed by atoms with Gasteiger partial charge in [0.2, 0.25) is 0 Å². The van der Waals surface area contributed by atoms with Crippen LogP contribution in [-0.2, 0) is 0 Å². The molecule has 6 nitrogen and oxygen atoms in total. The molecule has 0 aromatic carbocycles. The summed E-state index contributed by atoms with van der Waals surface area (Å²) in [7, 11) is 0. The number of nitrogens with two attached hydrogens (primary N) is 2. The molecule has 0 fully saturated rings. The van der Waals surface area contributed by atoms with E-state index in [2.05, 4.69) is 10.6 Å². The van der Waals surface area contributed by atoms with Crippen molar-refractivity contribution in [2.24, 2.45) is 11.5 Å². The van der Waals surface area contributed by atoms with Crippen molar-refractivity contribution in [3.8, 4) is 0 Å². The van der Waals surface area contributed by atoms with Crippen molar-refractivity contribution in [3.05, 3.63) is 0 Å². The van der Waals surface area contributed by atoms with Crippen LogP contribution in [0.25, 0.3) is 0 Å². The minimum atomic E-state index is -0.596. The Morgan fingerprint density at radius 2 is 1.29 bits per heavy atom. The summed E-state index contributed by atoms with van der Waals surface area (Å²) in [4.78, 5) is 21.3. The Kier molecular flexibility index (Phi) is 5.43. The van der Waals surface area contributed by atoms with Crippen LogP contribution in [0.5, 0.6) is 0 Å². The first-order valence-corrected chi connectivity index (χ1v) is 4.63. The van der Waals surface area contributed by atoms with E-state index in [0.29, 0.717) is 12.8 Å². The van der Waals surface area contributed by atoms with Crippen molar-refractivity contribution in [2.75, 3.05) is 0 Å². The maximum atomic E-state index is 10.6. The second-order valence-corrected chi connectivity index (χ2v) is 3.05. The fourth-order valence-electron chi connectivity index (χ4n) is 1.34. The SMILES string of the molecule is CC[C@H](NC(N)=O)[C@H](CC)NC(N)=O. The first-order valence-electron chi connectivity index (χ1n) is 4.63. The third-order valence-corrected chi connectivity index (χ3v) is 2.02. The van der Waals surface area contributed by atoms with Gasteiger partial charge < -0.3 is 22.1 Å². The number of nitrogens with one attached hydrogen (secondary N) is 2. The second kappa shape index (κ2) is 6.06. The molecule has 4 amide bonds. The van der Waals surface area contributed by atoms with Crippen molar-refractivity contribution >= 4 is 12.1 Å². The Morgan fingerprint density at radius 1 is 1.00 bits per heavy atom. The summed E-state index contributed by atoms with van der Waals surface area (Å²) in [5.41, 5.74) is 10.00. The van der Waals surface area contributed by atoms with Gasteiger partial charge >= 0.3 is 12.1 Å². The maximum absolute atomic E-state index is 10.6. The van der Waals surface area contributed by atoms with Gasteiger partial charge in [-0.15, -0.1) is 0 Å². The van der Waals surface area contributed by atoms with Gasteiger partial charge in [-0.3, -0.25) is 0 Å². The molecule has 6 N–H and O–H groups in total. The molecule has 6 heteroatoms. The minimum absolute atomic E-state index is 0.176. The molecule has 0 unspecified atom stereocenters. The van der Waals surface area contributed by atoms with Crippen LogP contribution < -0.4 is 22.1 Å². The Bertz CT molecular complexity index is 186. The van der Waals surface area contributed by atoms with Crippen LogP contribution in [0.4, 0.5) is 9.59 Å². The van der Waals surface area contributed by atoms with Crippen molar-refractivity contribution in [3.63, 3.8) is 0 Å². The lowest BCUT2D eigenvalue weighted by Gasteiger charge is -2.25. The number of amides is 4. The lowest BCUT2D eigenvalue weighted by atomic mass is 10.0. The van der Waals surface area contributed by atoms with Gasteiger partial charge in [0.1, 0.15) is 0 Å². The van der Waals surface area contributed by atoms with Crippen LogP contribution in [0.1, 0.15) is 26.7 Å². The predicted octanol–water partition coefficient (Wildman–Crippen LogP) is -0.120. The van der Waals surface area contributed by atoms with E-state index in [4.69, 9.17) is 11.5 Å². The van der Waals surface area contributed by atoms with E-state index < -0.39 is 12.1 Å². The zero-order chi connectivity index (χ0) is 11.1. The highest BCUT2D eigenvalue weighted by Crippen LogP contribution is 2.02. The Hall–Kier alpha value is -1.46. The number of primary amides is 2. The van der Waals surface area contributed by atoms with Gasteiger partial charge in [-0.25, -0.2) is 9.59 Å². The standard InChI is InChI=1S/C8H18N4O2/c1-3-5(11-7(9)13)6(4-2)12-8(10)14/h5-6H,3-4H2,1-2H3,(H3,9,11,13)(H3,10,12,14)/t5-,6-/m0/s1. The molecule has 0 spiro atoms. The van der Waals surface area contributed by atoms with Gasteiger partial charge in [-0.05, 0) is 12.8 Å². The Balaban J connectivity index is 4.28. The number of rotatable bonds is 5. The van der Waals surface area contributed by atoms with E-state index in [-0.39, 0.29) is 12.1 Å². The molecule has 0 saturated carbocycles. The van der Waals surface area contributed by atoms with Gasteiger partial charge in [0, 0.05) is 0 Å². The number of urea groups is 2. The summed E-state index contributed by atoms with van der Waals surface area (Å²) in [5, 5.41) is 5.11. The van der Waals surface area contributed by atoms with Gasteiger partial charge in [0.25, 0.3) is 0 Å². The topological polar surface area (TPSA) is 110 Å². The number of hydrogen-bond acceptors (Lipinski definition) is 2. The van der Waals surface area contributed by atoms with Crippen molar-refractivity contribution in [2.45, 2.75) is 38.8 Å². The second-order valence-electron chi connectivity index (χ2n) is 3.05. The quantitative estimate of drug-likeness (QED) is 0.498. The van der Waals surface area contributed by atoms with Crippen molar-refractivity contribution in [1.82, 2.24) is 10.6 Å². The van der Waals surface area contributed by atoms with E-state index in [1.54, 1.807) is 0 Å². The summed E-state index contributed by atoms with van der Waals surface area (Å²) in [6.45, 7) is 3.79. The number of carbonyl (C=O) groups excluding carboxylic acids is 2. The van der Waals surface area contributed by atoms with Gasteiger partial charge in [0.05, 0.1) is 12.1 Å². The Morgan fingerprint density at radius 3 is 1.43 bits per heavy atom. The van der Waals surface area contributed by atoms with Gasteiger partial charge in [0.15, 0.2) is 0 Å². The molecule has 0 aliphatic carbocycles. The molecule has 0 heterocycles. The molecule has 82 valence electrons. The summed E-state index contributed by atoms with van der Waals surface area (Å²) in [5.74, 6) is 0. The molecular weight excluding hydrogens is 184 g/mol. The molecule has 0 saturated heterocycles. The summed E-state index contributed by atoms with van der Waals surface area (Å²) in [6, 6.07) is -1.54. The van der Waals surface area contributed by atoms with Crippen molar-refractivity contribution in [1.29, 1.82) is 0 Å². The van der Waals surface area contributed by atoms with Crippen LogP contribution in [-0.4, -0.2) is 24.1 Å². The smallest absolute Gasteiger partial charge is 0.312 e. The predicted molar refractivity (Wildman–Crippen MR) is 53.6 cm³/mol.